The zero-order valence-corrected chi connectivity index (χ0v) is 12.0. The van der Waals surface area contributed by atoms with E-state index in [-0.39, 0.29) is 5.95 Å². The molecule has 0 unspecified atom stereocenters. The van der Waals surface area contributed by atoms with Gasteiger partial charge in [0.15, 0.2) is 0 Å². The van der Waals surface area contributed by atoms with Crippen LogP contribution < -0.4 is 5.32 Å². The smallest absolute Gasteiger partial charge is 0.288 e. The van der Waals surface area contributed by atoms with Crippen molar-refractivity contribution in [3.05, 3.63) is 65.7 Å². The molecule has 1 amide bonds. The van der Waals surface area contributed by atoms with Crippen LogP contribution in [0.15, 0.2) is 54.6 Å². The highest BCUT2D eigenvalue weighted by Crippen LogP contribution is 2.32. The number of carbonyl (C=O) groups is 1. The lowest BCUT2D eigenvalue weighted by Gasteiger charge is -2.11. The predicted molar refractivity (Wildman–Crippen MR) is 78.6 cm³/mol. The molecule has 0 saturated heterocycles. The van der Waals surface area contributed by atoms with E-state index in [2.05, 4.69) is 20.7 Å². The van der Waals surface area contributed by atoms with E-state index in [0.29, 0.717) is 5.69 Å². The molecule has 0 bridgehead atoms. The van der Waals surface area contributed by atoms with Crippen molar-refractivity contribution in [2.75, 3.05) is 5.32 Å². The van der Waals surface area contributed by atoms with E-state index in [9.17, 15) is 18.0 Å². The number of carbonyl (C=O) groups excluding carboxylic acids is 1. The van der Waals surface area contributed by atoms with Crippen LogP contribution in [0.1, 0.15) is 15.9 Å². The number of nitrogens with zero attached hydrogens (tertiary/aromatic N) is 4. The van der Waals surface area contributed by atoms with Crippen LogP contribution in [0.2, 0.25) is 0 Å². The molecule has 1 N–H and O–H groups in total. The first-order chi connectivity index (χ1) is 11.4. The quantitative estimate of drug-likeness (QED) is 0.800. The number of benzene rings is 2. The number of para-hydroxylation sites is 1. The maximum absolute atomic E-state index is 12.9. The minimum absolute atomic E-state index is 0.194. The van der Waals surface area contributed by atoms with Gasteiger partial charge in [0.05, 0.1) is 16.8 Å². The van der Waals surface area contributed by atoms with Crippen LogP contribution in [0, 0.1) is 0 Å². The molecule has 0 saturated carbocycles. The number of anilines is 1. The topological polar surface area (TPSA) is 72.7 Å². The summed E-state index contributed by atoms with van der Waals surface area (Å²) < 4.78 is 38.8. The third-order valence-electron chi connectivity index (χ3n) is 3.10. The van der Waals surface area contributed by atoms with E-state index in [1.54, 1.807) is 30.3 Å². The highest BCUT2D eigenvalue weighted by atomic mass is 19.4. The summed E-state index contributed by atoms with van der Waals surface area (Å²) in [6, 6.07) is 13.2. The molecule has 0 spiro atoms. The molecule has 0 fully saturated rings. The Bertz CT molecular complexity index is 861. The van der Waals surface area contributed by atoms with Gasteiger partial charge in [-0.25, -0.2) is 0 Å². The van der Waals surface area contributed by atoms with Gasteiger partial charge >= 0.3 is 6.18 Å². The zero-order chi connectivity index (χ0) is 17.2. The highest BCUT2D eigenvalue weighted by molar-refractivity contribution is 6.04. The van der Waals surface area contributed by atoms with Gasteiger partial charge in [0, 0.05) is 0 Å². The average Bonchev–Trinajstić information content (AvgIpc) is 3.03. The molecule has 6 nitrogen and oxygen atoms in total. The van der Waals surface area contributed by atoms with Crippen molar-refractivity contribution in [2.24, 2.45) is 0 Å². The Hall–Kier alpha value is -3.23. The minimum Gasteiger partial charge on any atom is -0.288 e. The van der Waals surface area contributed by atoms with Crippen LogP contribution in [-0.2, 0) is 6.18 Å². The summed E-state index contributed by atoms with van der Waals surface area (Å²) in [7, 11) is 0. The monoisotopic (exact) mass is 333 g/mol. The number of rotatable bonds is 3. The van der Waals surface area contributed by atoms with Gasteiger partial charge in [0.25, 0.3) is 11.9 Å². The van der Waals surface area contributed by atoms with E-state index in [4.69, 9.17) is 0 Å². The third kappa shape index (κ3) is 3.24. The van der Waals surface area contributed by atoms with Crippen molar-refractivity contribution in [1.29, 1.82) is 0 Å². The molecule has 0 atom stereocenters. The van der Waals surface area contributed by atoms with Gasteiger partial charge in [-0.2, -0.15) is 13.2 Å². The van der Waals surface area contributed by atoms with E-state index in [1.165, 1.54) is 12.1 Å². The van der Waals surface area contributed by atoms with Gasteiger partial charge in [0.1, 0.15) is 0 Å². The Morgan fingerprint density at radius 2 is 1.67 bits per heavy atom. The molecule has 3 aromatic rings. The van der Waals surface area contributed by atoms with Crippen LogP contribution in [0.5, 0.6) is 0 Å². The maximum Gasteiger partial charge on any atom is 0.417 e. The molecular formula is C15H10F3N5O. The lowest BCUT2D eigenvalue weighted by atomic mass is 10.1. The summed E-state index contributed by atoms with van der Waals surface area (Å²) in [5.74, 6) is -1.16. The molecule has 1 heterocycles. The van der Waals surface area contributed by atoms with E-state index >= 15 is 0 Å². The fraction of sp³-hybridized carbons (Fsp3) is 0.0667. The van der Waals surface area contributed by atoms with Crippen molar-refractivity contribution >= 4 is 11.9 Å². The Morgan fingerprint density at radius 3 is 2.38 bits per heavy atom. The summed E-state index contributed by atoms with van der Waals surface area (Å²) in [5.41, 5.74) is -0.944. The fourth-order valence-corrected chi connectivity index (χ4v) is 2.03. The first kappa shape index (κ1) is 15.7. The predicted octanol–water partition coefficient (Wildman–Crippen LogP) is 2.93. The van der Waals surface area contributed by atoms with Crippen molar-refractivity contribution in [3.63, 3.8) is 0 Å². The average molecular weight is 333 g/mol. The molecule has 1 aromatic heterocycles. The maximum atomic E-state index is 12.9. The molecular weight excluding hydrogens is 323 g/mol. The molecule has 122 valence electrons. The van der Waals surface area contributed by atoms with Crippen LogP contribution in [0.3, 0.4) is 0 Å². The largest absolute Gasteiger partial charge is 0.417 e. The number of halogens is 3. The van der Waals surface area contributed by atoms with Crippen molar-refractivity contribution in [2.45, 2.75) is 6.18 Å². The van der Waals surface area contributed by atoms with Gasteiger partial charge in [0.2, 0.25) is 0 Å². The number of aromatic nitrogens is 4. The summed E-state index contributed by atoms with van der Waals surface area (Å²) in [6.07, 6.45) is -4.64. The fourth-order valence-electron chi connectivity index (χ4n) is 2.03. The number of amides is 1. The molecule has 0 aliphatic carbocycles. The normalized spacial score (nSPS) is 11.3. The zero-order valence-electron chi connectivity index (χ0n) is 12.0. The Labute approximate surface area is 133 Å². The van der Waals surface area contributed by atoms with E-state index in [0.717, 1.165) is 16.9 Å². The lowest BCUT2D eigenvalue weighted by Crippen LogP contribution is -2.19. The van der Waals surface area contributed by atoms with Gasteiger partial charge in [-0.1, -0.05) is 35.4 Å². The van der Waals surface area contributed by atoms with Crippen LogP contribution in [0.25, 0.3) is 5.69 Å². The number of hydrogen-bond donors (Lipinski definition) is 1. The Morgan fingerprint density at radius 1 is 1.00 bits per heavy atom. The van der Waals surface area contributed by atoms with Gasteiger partial charge < -0.3 is 0 Å². The van der Waals surface area contributed by atoms with E-state index < -0.39 is 23.2 Å². The lowest BCUT2D eigenvalue weighted by molar-refractivity contribution is -0.137. The number of nitrogens with one attached hydrogen (secondary N) is 1. The summed E-state index contributed by atoms with van der Waals surface area (Å²) in [4.78, 5) is 13.3. The molecule has 24 heavy (non-hydrogen) atoms. The Kier molecular flexibility index (Phi) is 3.98. The summed E-state index contributed by atoms with van der Waals surface area (Å²) >= 11 is 0. The first-order valence-corrected chi connectivity index (χ1v) is 6.78. The number of alkyl halides is 3. The number of tetrazole rings is 1. The van der Waals surface area contributed by atoms with Crippen molar-refractivity contribution in [1.82, 2.24) is 20.2 Å². The molecule has 0 radical (unpaired) electrons. The molecule has 0 aliphatic heterocycles. The second kappa shape index (κ2) is 6.11. The standard InChI is InChI=1S/C15H10F3N5O/c16-15(17,18)12-9-5-4-8-11(12)13(24)19-14-20-22-23(21-14)10-6-2-1-3-7-10/h1-9H,(H,19,21,24). The van der Waals surface area contributed by atoms with Crippen molar-refractivity contribution in [3.8, 4) is 5.69 Å². The number of hydrogen-bond acceptors (Lipinski definition) is 4. The molecule has 0 aliphatic rings. The highest BCUT2D eigenvalue weighted by Gasteiger charge is 2.35. The van der Waals surface area contributed by atoms with Gasteiger partial charge in [-0.15, -0.1) is 9.90 Å². The molecule has 3 rings (SSSR count). The second-order valence-corrected chi connectivity index (χ2v) is 4.74. The minimum atomic E-state index is -4.64. The summed E-state index contributed by atoms with van der Waals surface area (Å²) in [6.45, 7) is 0. The molecule has 9 heteroatoms. The SMILES string of the molecule is O=C(Nc1nnn(-c2ccccc2)n1)c1ccccc1C(F)(F)F. The first-order valence-electron chi connectivity index (χ1n) is 6.78. The second-order valence-electron chi connectivity index (χ2n) is 4.74. The van der Waals surface area contributed by atoms with Crippen molar-refractivity contribution < 1.29 is 18.0 Å². The van der Waals surface area contributed by atoms with Gasteiger partial charge in [-0.3, -0.25) is 10.1 Å². The Balaban J connectivity index is 1.83. The summed E-state index contributed by atoms with van der Waals surface area (Å²) in [5, 5.41) is 13.5. The van der Waals surface area contributed by atoms with E-state index in [1.807, 2.05) is 0 Å². The van der Waals surface area contributed by atoms with Gasteiger partial charge in [-0.05, 0) is 29.5 Å². The third-order valence-corrected chi connectivity index (χ3v) is 3.10. The molecule has 2 aromatic carbocycles. The van der Waals surface area contributed by atoms with Crippen LogP contribution in [-0.4, -0.2) is 26.1 Å². The van der Waals surface area contributed by atoms with Crippen LogP contribution in [0.4, 0.5) is 19.1 Å². The van der Waals surface area contributed by atoms with Crippen LogP contribution >= 0.6 is 0 Å².